The highest BCUT2D eigenvalue weighted by atomic mass is 35.5. The molecule has 1 aromatic rings. The Kier molecular flexibility index (Phi) is 7.10. The van der Waals surface area contributed by atoms with Crippen LogP contribution in [0.15, 0.2) is 24.3 Å². The molecule has 7 heteroatoms. The number of alkyl halides is 3. The molecule has 1 aromatic carbocycles. The maximum atomic E-state index is 13.1. The van der Waals surface area contributed by atoms with Crippen molar-refractivity contribution in [1.82, 2.24) is 5.32 Å². The first-order chi connectivity index (χ1) is 10.8. The molecule has 1 unspecified atom stereocenters. The fourth-order valence-electron chi connectivity index (χ4n) is 3.35. The van der Waals surface area contributed by atoms with Crippen molar-refractivity contribution >= 4 is 18.3 Å². The third-order valence-electron chi connectivity index (χ3n) is 4.64. The van der Waals surface area contributed by atoms with Gasteiger partial charge < -0.3 is 11.1 Å². The molecule has 0 aliphatic heterocycles. The van der Waals surface area contributed by atoms with Crippen molar-refractivity contribution in [2.75, 3.05) is 6.54 Å². The Balaban J connectivity index is 0.00000288. The Bertz CT molecular complexity index is 557. The van der Waals surface area contributed by atoms with Crippen LogP contribution < -0.4 is 11.1 Å². The highest BCUT2D eigenvalue weighted by molar-refractivity contribution is 5.85. The third kappa shape index (κ3) is 4.86. The largest absolute Gasteiger partial charge is 0.416 e. The summed E-state index contributed by atoms with van der Waals surface area (Å²) in [7, 11) is 0. The highest BCUT2D eigenvalue weighted by Gasteiger charge is 2.36. The van der Waals surface area contributed by atoms with Gasteiger partial charge in [-0.3, -0.25) is 4.79 Å². The molecule has 0 bridgehead atoms. The van der Waals surface area contributed by atoms with Gasteiger partial charge in [-0.25, -0.2) is 0 Å². The summed E-state index contributed by atoms with van der Waals surface area (Å²) >= 11 is 0. The molecule has 1 saturated carbocycles. The Morgan fingerprint density at radius 1 is 1.29 bits per heavy atom. The zero-order chi connectivity index (χ0) is 17.1. The standard InChI is InChI=1S/C17H23F3N2O.ClH/c1-12(13-6-2-3-7-14(13)17(18,19)20)10-15(23)22-16(11-21)8-4-5-9-16;/h2-3,6-7,12H,4-5,8-11,21H2,1H3,(H,22,23);1H. The molecule has 24 heavy (non-hydrogen) atoms. The van der Waals surface area contributed by atoms with Gasteiger partial charge in [0.15, 0.2) is 0 Å². The van der Waals surface area contributed by atoms with Crippen LogP contribution in [0.5, 0.6) is 0 Å². The number of carbonyl (C=O) groups excluding carboxylic acids is 1. The van der Waals surface area contributed by atoms with Gasteiger partial charge in [0.25, 0.3) is 0 Å². The van der Waals surface area contributed by atoms with E-state index in [0.29, 0.717) is 6.54 Å². The average Bonchev–Trinajstić information content (AvgIpc) is 2.95. The SMILES string of the molecule is CC(CC(=O)NC1(CN)CCCC1)c1ccccc1C(F)(F)F.Cl. The van der Waals surface area contributed by atoms with Crippen molar-refractivity contribution in [3.63, 3.8) is 0 Å². The topological polar surface area (TPSA) is 55.1 Å². The number of nitrogens with one attached hydrogen (secondary N) is 1. The van der Waals surface area contributed by atoms with E-state index < -0.39 is 17.7 Å². The molecular weight excluding hydrogens is 341 g/mol. The van der Waals surface area contributed by atoms with E-state index in [0.717, 1.165) is 31.7 Å². The van der Waals surface area contributed by atoms with Gasteiger partial charge in [-0.15, -0.1) is 12.4 Å². The molecule has 1 amide bonds. The summed E-state index contributed by atoms with van der Waals surface area (Å²) in [5.74, 6) is -0.745. The van der Waals surface area contributed by atoms with Crippen LogP contribution in [-0.4, -0.2) is 18.0 Å². The summed E-state index contributed by atoms with van der Waals surface area (Å²) in [6.07, 6.45) is -0.681. The van der Waals surface area contributed by atoms with Crippen LogP contribution in [-0.2, 0) is 11.0 Å². The molecule has 2 rings (SSSR count). The molecule has 3 N–H and O–H groups in total. The summed E-state index contributed by atoms with van der Waals surface area (Å²) < 4.78 is 39.2. The van der Waals surface area contributed by atoms with Crippen LogP contribution in [0.4, 0.5) is 13.2 Å². The van der Waals surface area contributed by atoms with Crippen molar-refractivity contribution < 1.29 is 18.0 Å². The van der Waals surface area contributed by atoms with E-state index in [2.05, 4.69) is 5.32 Å². The molecule has 1 fully saturated rings. The molecule has 1 aliphatic rings. The van der Waals surface area contributed by atoms with Crippen molar-refractivity contribution in [1.29, 1.82) is 0 Å². The number of carbonyl (C=O) groups is 1. The Labute approximate surface area is 146 Å². The number of amides is 1. The van der Waals surface area contributed by atoms with Crippen LogP contribution in [0.1, 0.15) is 56.1 Å². The van der Waals surface area contributed by atoms with E-state index in [9.17, 15) is 18.0 Å². The molecule has 3 nitrogen and oxygen atoms in total. The molecule has 1 atom stereocenters. The van der Waals surface area contributed by atoms with Crippen molar-refractivity contribution in [2.45, 2.75) is 56.7 Å². The zero-order valence-electron chi connectivity index (χ0n) is 13.7. The average molecular weight is 365 g/mol. The predicted octanol–water partition coefficient (Wildman–Crippen LogP) is 4.01. The number of halogens is 4. The van der Waals surface area contributed by atoms with Crippen molar-refractivity contribution in [3.8, 4) is 0 Å². The van der Waals surface area contributed by atoms with Crippen LogP contribution in [0.2, 0.25) is 0 Å². The summed E-state index contributed by atoms with van der Waals surface area (Å²) in [5, 5.41) is 2.96. The molecule has 0 spiro atoms. The summed E-state index contributed by atoms with van der Waals surface area (Å²) in [4.78, 5) is 12.3. The summed E-state index contributed by atoms with van der Waals surface area (Å²) in [5.41, 5.74) is 4.89. The molecule has 0 radical (unpaired) electrons. The van der Waals surface area contributed by atoms with Gasteiger partial charge in [0.2, 0.25) is 5.91 Å². The minimum atomic E-state index is -4.41. The summed E-state index contributed by atoms with van der Waals surface area (Å²) in [6, 6.07) is 5.43. The maximum absolute atomic E-state index is 13.1. The van der Waals surface area contributed by atoms with Crippen LogP contribution in [0.25, 0.3) is 0 Å². The molecule has 0 heterocycles. The second kappa shape index (κ2) is 8.21. The molecule has 0 aromatic heterocycles. The van der Waals surface area contributed by atoms with Crippen LogP contribution >= 0.6 is 12.4 Å². The van der Waals surface area contributed by atoms with Crippen molar-refractivity contribution in [3.05, 3.63) is 35.4 Å². The molecule has 136 valence electrons. The van der Waals surface area contributed by atoms with Gasteiger partial charge in [-0.2, -0.15) is 13.2 Å². The lowest BCUT2D eigenvalue weighted by Gasteiger charge is -2.29. The van der Waals surface area contributed by atoms with Gasteiger partial charge in [0.05, 0.1) is 11.1 Å². The molecule has 1 aliphatic carbocycles. The lowest BCUT2D eigenvalue weighted by Crippen LogP contribution is -2.51. The van der Waals surface area contributed by atoms with Gasteiger partial charge in [0, 0.05) is 13.0 Å². The van der Waals surface area contributed by atoms with E-state index in [-0.39, 0.29) is 35.8 Å². The van der Waals surface area contributed by atoms with Crippen LogP contribution in [0.3, 0.4) is 0 Å². The lowest BCUT2D eigenvalue weighted by atomic mass is 9.91. The number of hydrogen-bond acceptors (Lipinski definition) is 2. The maximum Gasteiger partial charge on any atom is 0.416 e. The van der Waals surface area contributed by atoms with E-state index in [1.807, 2.05) is 0 Å². The zero-order valence-corrected chi connectivity index (χ0v) is 14.5. The predicted molar refractivity (Wildman–Crippen MR) is 90.1 cm³/mol. The minimum absolute atomic E-state index is 0. The van der Waals surface area contributed by atoms with E-state index >= 15 is 0 Å². The lowest BCUT2D eigenvalue weighted by molar-refractivity contribution is -0.138. The fourth-order valence-corrected chi connectivity index (χ4v) is 3.35. The second-order valence-electron chi connectivity index (χ2n) is 6.43. The van der Waals surface area contributed by atoms with E-state index in [1.165, 1.54) is 12.1 Å². The van der Waals surface area contributed by atoms with Crippen LogP contribution in [0, 0.1) is 0 Å². The van der Waals surface area contributed by atoms with Gasteiger partial charge in [0.1, 0.15) is 0 Å². The normalized spacial score (nSPS) is 17.9. The minimum Gasteiger partial charge on any atom is -0.349 e. The van der Waals surface area contributed by atoms with E-state index in [4.69, 9.17) is 5.73 Å². The van der Waals surface area contributed by atoms with Gasteiger partial charge in [-0.1, -0.05) is 38.0 Å². The first-order valence-electron chi connectivity index (χ1n) is 7.95. The number of hydrogen-bond donors (Lipinski definition) is 2. The van der Waals surface area contributed by atoms with E-state index in [1.54, 1.807) is 13.0 Å². The third-order valence-corrected chi connectivity index (χ3v) is 4.64. The fraction of sp³-hybridized carbons (Fsp3) is 0.588. The number of benzene rings is 1. The molecule has 0 saturated heterocycles. The Morgan fingerprint density at radius 2 is 1.88 bits per heavy atom. The van der Waals surface area contributed by atoms with Gasteiger partial charge >= 0.3 is 6.18 Å². The highest BCUT2D eigenvalue weighted by Crippen LogP contribution is 2.36. The first-order valence-corrected chi connectivity index (χ1v) is 7.95. The number of nitrogens with two attached hydrogens (primary N) is 1. The Hall–Kier alpha value is -1.27. The quantitative estimate of drug-likeness (QED) is 0.829. The van der Waals surface area contributed by atoms with Gasteiger partial charge in [-0.05, 0) is 30.4 Å². The second-order valence-corrected chi connectivity index (χ2v) is 6.43. The summed E-state index contributed by atoms with van der Waals surface area (Å²) in [6.45, 7) is 2.01. The smallest absolute Gasteiger partial charge is 0.349 e. The first kappa shape index (κ1) is 20.8. The molecular formula is C17H24ClF3N2O. The Morgan fingerprint density at radius 3 is 2.42 bits per heavy atom. The van der Waals surface area contributed by atoms with Crippen molar-refractivity contribution in [2.24, 2.45) is 5.73 Å². The number of rotatable bonds is 5. The monoisotopic (exact) mass is 364 g/mol.